The maximum Gasteiger partial charge on any atom is 0.306 e. The van der Waals surface area contributed by atoms with Crippen LogP contribution in [0.1, 0.15) is 30.0 Å². The zero-order chi connectivity index (χ0) is 17.1. The summed E-state index contributed by atoms with van der Waals surface area (Å²) < 4.78 is 28.1. The smallest absolute Gasteiger partial charge is 0.306 e. The van der Waals surface area contributed by atoms with Gasteiger partial charge in [0.15, 0.2) is 0 Å². The quantitative estimate of drug-likeness (QED) is 0.925. The van der Waals surface area contributed by atoms with Crippen molar-refractivity contribution in [1.82, 2.24) is 4.90 Å². The van der Waals surface area contributed by atoms with Crippen molar-refractivity contribution < 1.29 is 18.7 Å². The summed E-state index contributed by atoms with van der Waals surface area (Å²) in [6.07, 6.45) is 1.02. The number of carboxylic acids is 1. The van der Waals surface area contributed by atoms with Crippen molar-refractivity contribution in [3.8, 4) is 0 Å². The molecule has 1 atom stereocenters. The zero-order valence-corrected chi connectivity index (χ0v) is 13.2. The van der Waals surface area contributed by atoms with Crippen LogP contribution in [0.2, 0.25) is 0 Å². The van der Waals surface area contributed by atoms with Gasteiger partial charge in [-0.25, -0.2) is 8.78 Å². The first kappa shape index (κ1) is 16.6. The van der Waals surface area contributed by atoms with Gasteiger partial charge < -0.3 is 5.11 Å². The summed E-state index contributed by atoms with van der Waals surface area (Å²) in [6, 6.07) is 12.2. The molecule has 126 valence electrons. The number of hydrogen-bond acceptors (Lipinski definition) is 2. The minimum absolute atomic E-state index is 0.341. The molecule has 0 saturated carbocycles. The van der Waals surface area contributed by atoms with Crippen molar-refractivity contribution in [3.63, 3.8) is 0 Å². The highest BCUT2D eigenvalue weighted by Crippen LogP contribution is 2.34. The average molecular weight is 331 g/mol. The molecular formula is C19H19F2NO2. The normalized spacial score (nSPS) is 17.6. The molecule has 1 saturated heterocycles. The molecule has 3 rings (SSSR count). The number of benzene rings is 2. The van der Waals surface area contributed by atoms with Gasteiger partial charge in [0.05, 0.1) is 12.0 Å². The van der Waals surface area contributed by atoms with Gasteiger partial charge in [0.2, 0.25) is 0 Å². The maximum absolute atomic E-state index is 14.4. The van der Waals surface area contributed by atoms with E-state index >= 15 is 0 Å². The van der Waals surface area contributed by atoms with Crippen molar-refractivity contribution in [2.24, 2.45) is 5.92 Å². The first-order valence-corrected chi connectivity index (χ1v) is 8.03. The Morgan fingerprint density at radius 3 is 2.42 bits per heavy atom. The highest BCUT2D eigenvalue weighted by molar-refractivity contribution is 5.70. The number of piperidine rings is 1. The highest BCUT2D eigenvalue weighted by Gasteiger charge is 2.31. The van der Waals surface area contributed by atoms with Crippen molar-refractivity contribution in [2.45, 2.75) is 18.9 Å². The lowest BCUT2D eigenvalue weighted by atomic mass is 9.91. The third kappa shape index (κ3) is 3.46. The standard InChI is InChI=1S/C19H19F2NO2/c20-15-5-3-4-14(12-15)18(16-6-1-2-7-17(16)21)22-10-8-13(9-11-22)19(23)24/h1-7,12-13,18H,8-11H2,(H,23,24). The fourth-order valence-corrected chi connectivity index (χ4v) is 3.37. The van der Waals surface area contributed by atoms with Crippen LogP contribution in [0.25, 0.3) is 0 Å². The van der Waals surface area contributed by atoms with Crippen LogP contribution in [0, 0.1) is 17.6 Å². The first-order chi connectivity index (χ1) is 11.6. The Balaban J connectivity index is 1.95. The van der Waals surface area contributed by atoms with E-state index < -0.39 is 12.0 Å². The van der Waals surface area contributed by atoms with Crippen LogP contribution < -0.4 is 0 Å². The van der Waals surface area contributed by atoms with Crippen LogP contribution in [0.5, 0.6) is 0 Å². The lowest BCUT2D eigenvalue weighted by Gasteiger charge is -2.37. The molecule has 0 aromatic heterocycles. The molecule has 5 heteroatoms. The number of nitrogens with zero attached hydrogens (tertiary/aromatic N) is 1. The van der Waals surface area contributed by atoms with Gasteiger partial charge in [-0.3, -0.25) is 9.69 Å². The predicted octanol–water partition coefficient (Wildman–Crippen LogP) is 3.85. The molecule has 1 aliphatic rings. The van der Waals surface area contributed by atoms with Crippen LogP contribution in [-0.2, 0) is 4.79 Å². The Hall–Kier alpha value is -2.27. The van der Waals surface area contributed by atoms with E-state index in [4.69, 9.17) is 5.11 Å². The molecule has 1 unspecified atom stereocenters. The lowest BCUT2D eigenvalue weighted by molar-refractivity contribution is -0.143. The van der Waals surface area contributed by atoms with Crippen LogP contribution >= 0.6 is 0 Å². The van der Waals surface area contributed by atoms with Crippen LogP contribution in [-0.4, -0.2) is 29.1 Å². The molecule has 2 aromatic rings. The second kappa shape index (κ2) is 7.09. The van der Waals surface area contributed by atoms with Crippen molar-refractivity contribution in [2.75, 3.05) is 13.1 Å². The van der Waals surface area contributed by atoms with E-state index in [1.165, 1.54) is 18.2 Å². The molecule has 1 fully saturated rings. The predicted molar refractivity (Wildman–Crippen MR) is 86.6 cm³/mol. The van der Waals surface area contributed by atoms with Gasteiger partial charge in [-0.1, -0.05) is 30.3 Å². The lowest BCUT2D eigenvalue weighted by Crippen LogP contribution is -2.39. The Morgan fingerprint density at radius 2 is 1.79 bits per heavy atom. The molecule has 0 radical (unpaired) electrons. The third-order valence-corrected chi connectivity index (χ3v) is 4.61. The molecule has 1 N–H and O–H groups in total. The summed E-state index contributed by atoms with van der Waals surface area (Å²) in [5.41, 5.74) is 1.16. The van der Waals surface area contributed by atoms with Gasteiger partial charge in [0.1, 0.15) is 11.6 Å². The van der Waals surface area contributed by atoms with Crippen molar-refractivity contribution >= 4 is 5.97 Å². The number of likely N-dealkylation sites (tertiary alicyclic amines) is 1. The molecule has 0 bridgehead atoms. The van der Waals surface area contributed by atoms with E-state index in [1.807, 2.05) is 4.90 Å². The number of carboxylic acid groups (broad SMARTS) is 1. The molecule has 0 aliphatic carbocycles. The van der Waals surface area contributed by atoms with E-state index in [0.29, 0.717) is 37.1 Å². The maximum atomic E-state index is 14.4. The second-order valence-electron chi connectivity index (χ2n) is 6.13. The molecule has 3 nitrogen and oxygen atoms in total. The van der Waals surface area contributed by atoms with Gasteiger partial charge in [-0.15, -0.1) is 0 Å². The van der Waals surface area contributed by atoms with Crippen LogP contribution in [0.15, 0.2) is 48.5 Å². The van der Waals surface area contributed by atoms with Gasteiger partial charge in [-0.05, 0) is 49.7 Å². The summed E-state index contributed by atoms with van der Waals surface area (Å²) >= 11 is 0. The van der Waals surface area contributed by atoms with Gasteiger partial charge >= 0.3 is 5.97 Å². The second-order valence-corrected chi connectivity index (χ2v) is 6.13. The molecule has 2 aromatic carbocycles. The Morgan fingerprint density at radius 1 is 1.08 bits per heavy atom. The summed E-state index contributed by atoms with van der Waals surface area (Å²) in [5.74, 6) is -1.86. The molecule has 1 aliphatic heterocycles. The minimum Gasteiger partial charge on any atom is -0.481 e. The highest BCUT2D eigenvalue weighted by atomic mass is 19.1. The van der Waals surface area contributed by atoms with Crippen LogP contribution in [0.3, 0.4) is 0 Å². The van der Waals surface area contributed by atoms with Crippen LogP contribution in [0.4, 0.5) is 8.78 Å². The van der Waals surface area contributed by atoms with E-state index in [9.17, 15) is 13.6 Å². The summed E-state index contributed by atoms with van der Waals surface area (Å²) in [4.78, 5) is 13.2. The van der Waals surface area contributed by atoms with E-state index in [2.05, 4.69) is 0 Å². The number of carbonyl (C=O) groups is 1. The summed E-state index contributed by atoms with van der Waals surface area (Å²) in [5, 5.41) is 9.15. The molecule has 24 heavy (non-hydrogen) atoms. The fourth-order valence-electron chi connectivity index (χ4n) is 3.37. The van der Waals surface area contributed by atoms with Crippen molar-refractivity contribution in [3.05, 3.63) is 71.3 Å². The fraction of sp³-hybridized carbons (Fsp3) is 0.316. The molecule has 0 spiro atoms. The molecule has 0 amide bonds. The third-order valence-electron chi connectivity index (χ3n) is 4.61. The Labute approximate surface area is 139 Å². The van der Waals surface area contributed by atoms with E-state index in [0.717, 1.165) is 0 Å². The number of halogens is 2. The van der Waals surface area contributed by atoms with Crippen molar-refractivity contribution in [1.29, 1.82) is 0 Å². The zero-order valence-electron chi connectivity index (χ0n) is 13.2. The summed E-state index contributed by atoms with van der Waals surface area (Å²) in [7, 11) is 0. The Bertz CT molecular complexity index is 727. The number of hydrogen-bond donors (Lipinski definition) is 1. The van der Waals surface area contributed by atoms with E-state index in [1.54, 1.807) is 30.3 Å². The monoisotopic (exact) mass is 331 g/mol. The topological polar surface area (TPSA) is 40.5 Å². The largest absolute Gasteiger partial charge is 0.481 e. The van der Waals surface area contributed by atoms with E-state index in [-0.39, 0.29) is 17.6 Å². The van der Waals surface area contributed by atoms with Gasteiger partial charge in [-0.2, -0.15) is 0 Å². The first-order valence-electron chi connectivity index (χ1n) is 8.03. The molecule has 1 heterocycles. The Kier molecular flexibility index (Phi) is 4.90. The minimum atomic E-state index is -0.789. The van der Waals surface area contributed by atoms with Gasteiger partial charge in [0.25, 0.3) is 0 Å². The SMILES string of the molecule is O=C(O)C1CCN(C(c2cccc(F)c2)c2ccccc2F)CC1. The summed E-state index contributed by atoms with van der Waals surface area (Å²) in [6.45, 7) is 1.07. The van der Waals surface area contributed by atoms with Gasteiger partial charge in [0, 0.05) is 5.56 Å². The average Bonchev–Trinajstić information content (AvgIpc) is 2.57. The number of aliphatic carboxylic acids is 1. The molecular weight excluding hydrogens is 312 g/mol. The number of rotatable bonds is 4.